The number of nitrogens with one attached hydrogen (secondary N) is 2. The Morgan fingerprint density at radius 1 is 1.24 bits per heavy atom. The minimum atomic E-state index is -0.543. The SMILES string of the molecule is C.C[C@H]1CN(CC2CC2)CCN1C(=O)N1Cc2c(NC(=O)c3ccccn3)n[nH]c2C1(C)C. The van der Waals surface area contributed by atoms with Gasteiger partial charge in [-0.25, -0.2) is 4.79 Å². The van der Waals surface area contributed by atoms with E-state index >= 15 is 0 Å². The Bertz CT molecular complexity index is 1020. The van der Waals surface area contributed by atoms with E-state index in [0.29, 0.717) is 18.1 Å². The molecule has 4 heterocycles. The van der Waals surface area contributed by atoms with Crippen LogP contribution in [0.5, 0.6) is 0 Å². The van der Waals surface area contributed by atoms with Crippen LogP contribution in [0, 0.1) is 5.92 Å². The molecule has 1 saturated heterocycles. The first-order valence-electron chi connectivity index (χ1n) is 11.4. The number of aromatic nitrogens is 3. The van der Waals surface area contributed by atoms with Crippen LogP contribution in [-0.2, 0) is 12.1 Å². The summed E-state index contributed by atoms with van der Waals surface area (Å²) >= 11 is 0. The number of aromatic amines is 1. The summed E-state index contributed by atoms with van der Waals surface area (Å²) in [6.07, 6.45) is 4.28. The summed E-state index contributed by atoms with van der Waals surface area (Å²) in [5.41, 5.74) is 1.50. The molecular formula is C24H35N7O2. The van der Waals surface area contributed by atoms with Gasteiger partial charge in [-0.05, 0) is 51.7 Å². The normalized spacial score (nSPS) is 22.0. The van der Waals surface area contributed by atoms with Gasteiger partial charge < -0.3 is 15.1 Å². The molecule has 9 nitrogen and oxygen atoms in total. The van der Waals surface area contributed by atoms with Crippen molar-refractivity contribution in [1.29, 1.82) is 0 Å². The van der Waals surface area contributed by atoms with E-state index in [4.69, 9.17) is 0 Å². The van der Waals surface area contributed by atoms with Crippen LogP contribution in [0.3, 0.4) is 0 Å². The zero-order valence-electron chi connectivity index (χ0n) is 19.0. The molecule has 2 fully saturated rings. The van der Waals surface area contributed by atoms with Crippen LogP contribution < -0.4 is 5.32 Å². The molecule has 1 atom stereocenters. The number of pyridine rings is 1. The summed E-state index contributed by atoms with van der Waals surface area (Å²) in [5, 5.41) is 10.2. The van der Waals surface area contributed by atoms with E-state index in [1.807, 2.05) is 23.6 Å². The van der Waals surface area contributed by atoms with Crippen molar-refractivity contribution in [3.05, 3.63) is 41.3 Å². The summed E-state index contributed by atoms with van der Waals surface area (Å²) in [5.74, 6) is 1.00. The van der Waals surface area contributed by atoms with E-state index < -0.39 is 5.54 Å². The van der Waals surface area contributed by atoms with E-state index in [2.05, 4.69) is 32.3 Å². The first-order valence-corrected chi connectivity index (χ1v) is 11.4. The largest absolute Gasteiger partial charge is 0.321 e. The van der Waals surface area contributed by atoms with Gasteiger partial charge in [-0.2, -0.15) is 5.10 Å². The fourth-order valence-electron chi connectivity index (χ4n) is 4.90. The predicted octanol–water partition coefficient (Wildman–Crippen LogP) is 3.28. The van der Waals surface area contributed by atoms with Gasteiger partial charge in [0.15, 0.2) is 5.82 Å². The molecule has 2 aromatic rings. The van der Waals surface area contributed by atoms with Gasteiger partial charge in [0.05, 0.1) is 17.8 Å². The maximum absolute atomic E-state index is 13.6. The molecule has 33 heavy (non-hydrogen) atoms. The highest BCUT2D eigenvalue weighted by Gasteiger charge is 2.46. The van der Waals surface area contributed by atoms with Gasteiger partial charge in [0.1, 0.15) is 5.69 Å². The van der Waals surface area contributed by atoms with Gasteiger partial charge >= 0.3 is 6.03 Å². The maximum atomic E-state index is 13.6. The second-order valence-electron chi connectivity index (χ2n) is 9.77. The summed E-state index contributed by atoms with van der Waals surface area (Å²) in [4.78, 5) is 36.6. The van der Waals surface area contributed by atoms with Crippen LogP contribution in [0.25, 0.3) is 0 Å². The molecule has 0 unspecified atom stereocenters. The van der Waals surface area contributed by atoms with E-state index in [1.54, 1.807) is 24.4 Å². The molecule has 3 aliphatic rings. The third kappa shape index (κ3) is 4.34. The average molecular weight is 454 g/mol. The smallest absolute Gasteiger partial charge is 0.319 e. The van der Waals surface area contributed by atoms with Crippen LogP contribution >= 0.6 is 0 Å². The summed E-state index contributed by atoms with van der Waals surface area (Å²) < 4.78 is 0. The number of anilines is 1. The number of carbonyl (C=O) groups is 2. The number of H-pyrrole nitrogens is 1. The quantitative estimate of drug-likeness (QED) is 0.740. The van der Waals surface area contributed by atoms with Crippen molar-refractivity contribution in [3.63, 3.8) is 0 Å². The molecule has 2 aromatic heterocycles. The summed E-state index contributed by atoms with van der Waals surface area (Å²) in [6, 6.07) is 5.41. The van der Waals surface area contributed by atoms with Crippen molar-refractivity contribution in [2.24, 2.45) is 5.92 Å². The van der Waals surface area contributed by atoms with Crippen molar-refractivity contribution in [3.8, 4) is 0 Å². The molecular weight excluding hydrogens is 418 g/mol. The zero-order chi connectivity index (χ0) is 22.5. The monoisotopic (exact) mass is 453 g/mol. The molecule has 0 aromatic carbocycles. The van der Waals surface area contributed by atoms with Gasteiger partial charge in [0, 0.05) is 44.0 Å². The van der Waals surface area contributed by atoms with Crippen molar-refractivity contribution in [2.45, 2.75) is 59.2 Å². The lowest BCUT2D eigenvalue weighted by molar-refractivity contribution is 0.0577. The third-order valence-corrected chi connectivity index (χ3v) is 7.00. The van der Waals surface area contributed by atoms with Crippen molar-refractivity contribution in [2.75, 3.05) is 31.5 Å². The Labute approximate surface area is 195 Å². The van der Waals surface area contributed by atoms with Gasteiger partial charge in [0.25, 0.3) is 5.91 Å². The molecule has 0 bridgehead atoms. The Morgan fingerprint density at radius 3 is 2.70 bits per heavy atom. The lowest BCUT2D eigenvalue weighted by Gasteiger charge is -2.44. The molecule has 0 radical (unpaired) electrons. The number of amides is 3. The lowest BCUT2D eigenvalue weighted by atomic mass is 10.0. The lowest BCUT2D eigenvalue weighted by Crippen LogP contribution is -2.58. The van der Waals surface area contributed by atoms with Crippen molar-refractivity contribution < 1.29 is 9.59 Å². The Balaban J connectivity index is 0.00000259. The number of rotatable bonds is 4. The molecule has 5 rings (SSSR count). The van der Waals surface area contributed by atoms with Crippen molar-refractivity contribution >= 4 is 17.8 Å². The standard InChI is InChI=1S/C23H31N7O2.CH4/c1-15-12-28(13-16-7-8-16)10-11-29(15)22(32)30-14-17-19(23(30,2)3)26-27-20(17)25-21(31)18-6-4-5-9-24-18;/h4-6,9,15-16H,7-8,10-14H2,1-3H3,(H2,25,26,27,31);1H4/t15-;/m0./s1. The van der Waals surface area contributed by atoms with E-state index in [-0.39, 0.29) is 25.4 Å². The number of fused-ring (bicyclic) bond motifs is 1. The van der Waals surface area contributed by atoms with E-state index in [9.17, 15) is 9.59 Å². The van der Waals surface area contributed by atoms with Gasteiger partial charge in [-0.1, -0.05) is 13.5 Å². The molecule has 178 valence electrons. The summed E-state index contributed by atoms with van der Waals surface area (Å²) in [6.45, 7) is 10.4. The molecule has 0 spiro atoms. The number of nitrogens with zero attached hydrogens (tertiary/aromatic N) is 5. The molecule has 2 aliphatic heterocycles. The van der Waals surface area contributed by atoms with Gasteiger partial charge in [-0.3, -0.25) is 19.8 Å². The van der Waals surface area contributed by atoms with Crippen LogP contribution in [-0.4, -0.2) is 74.0 Å². The first-order chi connectivity index (χ1) is 15.3. The van der Waals surface area contributed by atoms with E-state index in [0.717, 1.165) is 43.4 Å². The van der Waals surface area contributed by atoms with Crippen LogP contribution in [0.4, 0.5) is 10.6 Å². The number of hydrogen-bond donors (Lipinski definition) is 2. The maximum Gasteiger partial charge on any atom is 0.321 e. The molecule has 1 aliphatic carbocycles. The zero-order valence-corrected chi connectivity index (χ0v) is 19.0. The third-order valence-electron chi connectivity index (χ3n) is 7.00. The molecule has 3 amide bonds. The Kier molecular flexibility index (Phi) is 6.18. The van der Waals surface area contributed by atoms with Crippen LogP contribution in [0.2, 0.25) is 0 Å². The van der Waals surface area contributed by atoms with Gasteiger partial charge in [-0.15, -0.1) is 0 Å². The highest BCUT2D eigenvalue weighted by molar-refractivity contribution is 6.02. The number of urea groups is 1. The first kappa shape index (κ1) is 23.2. The van der Waals surface area contributed by atoms with E-state index in [1.165, 1.54) is 12.8 Å². The molecule has 1 saturated carbocycles. The Morgan fingerprint density at radius 2 is 2.03 bits per heavy atom. The average Bonchev–Trinajstić information content (AvgIpc) is 3.42. The Hall–Kier alpha value is -2.94. The topological polar surface area (TPSA) is 97.5 Å². The van der Waals surface area contributed by atoms with Gasteiger partial charge in [0.2, 0.25) is 0 Å². The second-order valence-corrected chi connectivity index (χ2v) is 9.77. The fraction of sp³-hybridized carbons (Fsp3) is 0.583. The van der Waals surface area contributed by atoms with Crippen LogP contribution in [0.15, 0.2) is 24.4 Å². The predicted molar refractivity (Wildman–Crippen MR) is 127 cm³/mol. The second kappa shape index (κ2) is 8.78. The number of hydrogen-bond acceptors (Lipinski definition) is 5. The number of piperazine rings is 1. The minimum Gasteiger partial charge on any atom is -0.319 e. The van der Waals surface area contributed by atoms with Crippen molar-refractivity contribution in [1.82, 2.24) is 29.9 Å². The molecule has 9 heteroatoms. The number of carbonyl (C=O) groups excluding carboxylic acids is 2. The van der Waals surface area contributed by atoms with Crippen LogP contribution in [0.1, 0.15) is 62.8 Å². The highest BCUT2D eigenvalue weighted by atomic mass is 16.2. The highest BCUT2D eigenvalue weighted by Crippen LogP contribution is 2.41. The minimum absolute atomic E-state index is 0. The molecule has 2 N–H and O–H groups in total. The summed E-state index contributed by atoms with van der Waals surface area (Å²) in [7, 11) is 0. The fourth-order valence-corrected chi connectivity index (χ4v) is 4.90.